The number of nitrogens with one attached hydrogen (secondary N) is 3. The van der Waals surface area contributed by atoms with Crippen molar-refractivity contribution in [2.45, 2.75) is 119 Å². The number of likely N-dealkylation sites (tertiary alicyclic amines) is 1. The van der Waals surface area contributed by atoms with E-state index in [1.165, 1.54) is 11.8 Å². The number of carbonyl (C=O) groups excluding carboxylic acids is 5. The minimum Gasteiger partial charge on any atom is -0.465 e. The lowest BCUT2D eigenvalue weighted by Gasteiger charge is -2.33. The standard InChI is InChI=1S/C45H60N6O6.C12H17NO2.C2H7N/c1-10-50-39-19-18-34(25-36(39)37(26-45(6,7)27-57-31(5)53)42(50)35-17-14-20-46-40(35)30(4)56-9)33-16-13-15-32(23-33)24-38(44(55)51-22-12-11-21-47-51)48-43(54)41(29(2)3)49(8)28-52;1-10-4-6-13(8-10)12(14)3-2-11-5-7-15-9-11;1-3-2/h13-20,23,25,28-30,38,41,47H,10-12,21-22,24,26-27H2,1-9H3,(H,48,54);10-11H,4-9H2,1H3;3H,1-2H3/t;10-,11?;/m.0./s1. The highest BCUT2D eigenvalue weighted by Gasteiger charge is 2.34. The quantitative estimate of drug-likeness (QED) is 0.0553. The van der Waals surface area contributed by atoms with Gasteiger partial charge >= 0.3 is 5.97 Å². The summed E-state index contributed by atoms with van der Waals surface area (Å²) in [5, 5.41) is 8.46. The van der Waals surface area contributed by atoms with Gasteiger partial charge < -0.3 is 39.2 Å². The second-order valence-electron chi connectivity index (χ2n) is 21.2. The lowest BCUT2D eigenvalue weighted by molar-refractivity contribution is -0.144. The van der Waals surface area contributed by atoms with Gasteiger partial charge in [0.05, 0.1) is 30.7 Å². The number of aryl methyl sites for hydroxylation is 1. The van der Waals surface area contributed by atoms with Gasteiger partial charge in [-0.2, -0.15) is 0 Å². The smallest absolute Gasteiger partial charge is 0.302 e. The van der Waals surface area contributed by atoms with Crippen molar-refractivity contribution in [1.29, 1.82) is 0 Å². The number of ether oxygens (including phenoxy) is 3. The molecular weight excluding hydrogens is 949 g/mol. The summed E-state index contributed by atoms with van der Waals surface area (Å²) in [7, 11) is 7.02. The molecule has 3 N–H and O–H groups in total. The van der Waals surface area contributed by atoms with Gasteiger partial charge in [-0.1, -0.05) is 70.9 Å². The summed E-state index contributed by atoms with van der Waals surface area (Å²) in [5.41, 5.74) is 10.8. The monoisotopic (exact) mass is 1030 g/mol. The molecule has 2 aromatic carbocycles. The number of fused-ring (bicyclic) bond motifs is 1. The maximum Gasteiger partial charge on any atom is 0.302 e. The Hall–Kier alpha value is -6.12. The van der Waals surface area contributed by atoms with E-state index in [-0.39, 0.29) is 60.1 Å². The summed E-state index contributed by atoms with van der Waals surface area (Å²) in [5.74, 6) is 5.60. The molecule has 3 fully saturated rings. The predicted octanol–water partition coefficient (Wildman–Crippen LogP) is 7.23. The second-order valence-corrected chi connectivity index (χ2v) is 21.2. The molecule has 0 bridgehead atoms. The summed E-state index contributed by atoms with van der Waals surface area (Å²) < 4.78 is 18.9. The van der Waals surface area contributed by atoms with Gasteiger partial charge in [0, 0.05) is 101 Å². The fourth-order valence-electron chi connectivity index (χ4n) is 9.97. The Balaban J connectivity index is 0.000000485. The molecule has 408 valence electrons. The number of hydrazine groups is 1. The van der Waals surface area contributed by atoms with Crippen LogP contribution in [0.15, 0.2) is 60.8 Å². The third-order valence-electron chi connectivity index (χ3n) is 13.9. The number of hydrogen-bond acceptors (Lipinski definition) is 11. The lowest BCUT2D eigenvalue weighted by Crippen LogP contribution is -2.58. The highest BCUT2D eigenvalue weighted by molar-refractivity contribution is 5.96. The van der Waals surface area contributed by atoms with Crippen LogP contribution < -0.4 is 16.1 Å². The highest BCUT2D eigenvalue weighted by atomic mass is 16.5. The Morgan fingerprint density at radius 2 is 1.77 bits per heavy atom. The van der Waals surface area contributed by atoms with Gasteiger partial charge in [0.15, 0.2) is 0 Å². The number of amides is 4. The number of esters is 1. The average molecular weight is 1030 g/mol. The van der Waals surface area contributed by atoms with Crippen LogP contribution in [0.4, 0.5) is 0 Å². The molecule has 2 aromatic heterocycles. The van der Waals surface area contributed by atoms with E-state index in [1.807, 2.05) is 58.0 Å². The Morgan fingerprint density at radius 3 is 2.39 bits per heavy atom. The number of pyridine rings is 1. The van der Waals surface area contributed by atoms with E-state index in [1.54, 1.807) is 25.4 Å². The van der Waals surface area contributed by atoms with Crippen LogP contribution in [0.5, 0.6) is 0 Å². The van der Waals surface area contributed by atoms with E-state index in [0.717, 1.165) is 95.5 Å². The third-order valence-corrected chi connectivity index (χ3v) is 13.9. The molecule has 16 heteroatoms. The SMILES string of the molecule is CCn1c(-c2cccnc2C(C)OC)c(CC(C)(C)COC(C)=O)c2cc(-c3cccc(CC(NC(=O)C(C(C)C)N(C)C=O)C(=O)N4CCCCN4)c3)ccc21.CNC.C[C@H]1CCN(C(=O)C#CC2CCOC2)C1. The van der Waals surface area contributed by atoms with Crippen LogP contribution in [-0.2, 0) is 57.6 Å². The van der Waals surface area contributed by atoms with Crippen LogP contribution in [0.25, 0.3) is 33.3 Å². The van der Waals surface area contributed by atoms with Gasteiger partial charge in [-0.05, 0) is 124 Å². The number of likely N-dealkylation sites (N-methyl/N-ethyl adjacent to an activating group) is 1. The highest BCUT2D eigenvalue weighted by Crippen LogP contribution is 2.42. The first-order valence-electron chi connectivity index (χ1n) is 26.7. The summed E-state index contributed by atoms with van der Waals surface area (Å²) in [6, 6.07) is 17.1. The zero-order valence-corrected chi connectivity index (χ0v) is 46.7. The van der Waals surface area contributed by atoms with Gasteiger partial charge in [0.25, 0.3) is 11.8 Å². The van der Waals surface area contributed by atoms with Crippen LogP contribution in [0.3, 0.4) is 0 Å². The van der Waals surface area contributed by atoms with Gasteiger partial charge in [0.2, 0.25) is 12.3 Å². The summed E-state index contributed by atoms with van der Waals surface area (Å²) in [6.07, 6.45) is 7.02. The number of nitrogens with zero attached hydrogens (tertiary/aromatic N) is 5. The fourth-order valence-corrected chi connectivity index (χ4v) is 9.97. The van der Waals surface area contributed by atoms with E-state index in [4.69, 9.17) is 19.2 Å². The molecular formula is C59H84N8O8. The van der Waals surface area contributed by atoms with Crippen molar-refractivity contribution < 1.29 is 38.2 Å². The first-order chi connectivity index (χ1) is 35.9. The molecule has 0 saturated carbocycles. The molecule has 7 rings (SSSR count). The minimum absolute atomic E-state index is 0.00810. The number of carbonyl (C=O) groups is 5. The first-order valence-corrected chi connectivity index (χ1v) is 26.7. The van der Waals surface area contributed by atoms with Crippen molar-refractivity contribution in [3.63, 3.8) is 0 Å². The van der Waals surface area contributed by atoms with Crippen LogP contribution in [0.1, 0.15) is 104 Å². The summed E-state index contributed by atoms with van der Waals surface area (Å²) in [4.78, 5) is 70.9. The molecule has 4 unspecified atom stereocenters. The number of benzene rings is 2. The largest absolute Gasteiger partial charge is 0.465 e. The molecule has 3 saturated heterocycles. The molecule has 3 aliphatic heterocycles. The van der Waals surface area contributed by atoms with Gasteiger partial charge in [0.1, 0.15) is 12.1 Å². The molecule has 0 radical (unpaired) electrons. The van der Waals surface area contributed by atoms with Crippen molar-refractivity contribution in [1.82, 2.24) is 40.4 Å². The van der Waals surface area contributed by atoms with Crippen molar-refractivity contribution in [2.24, 2.45) is 23.2 Å². The maximum absolute atomic E-state index is 14.0. The summed E-state index contributed by atoms with van der Waals surface area (Å²) in [6.45, 7) is 21.2. The van der Waals surface area contributed by atoms with Gasteiger partial charge in [-0.15, -0.1) is 0 Å². The van der Waals surface area contributed by atoms with Crippen molar-refractivity contribution >= 4 is 41.0 Å². The molecule has 3 aliphatic rings. The van der Waals surface area contributed by atoms with E-state index in [0.29, 0.717) is 45.0 Å². The van der Waals surface area contributed by atoms with E-state index >= 15 is 0 Å². The van der Waals surface area contributed by atoms with E-state index in [2.05, 4.69) is 96.6 Å². The minimum atomic E-state index is -0.850. The number of hydrogen-bond donors (Lipinski definition) is 3. The fraction of sp³-hybridized carbons (Fsp3) is 0.559. The molecule has 16 nitrogen and oxygen atoms in total. The number of methoxy groups -OCH3 is 1. The molecule has 4 amide bonds. The maximum atomic E-state index is 14.0. The number of aromatic nitrogens is 2. The Labute approximate surface area is 446 Å². The Morgan fingerprint density at radius 1 is 1.03 bits per heavy atom. The van der Waals surface area contributed by atoms with Crippen molar-refractivity contribution in [3.8, 4) is 34.2 Å². The van der Waals surface area contributed by atoms with Crippen LogP contribution in [-0.4, -0.2) is 141 Å². The zero-order valence-electron chi connectivity index (χ0n) is 46.7. The second kappa shape index (κ2) is 28.7. The topological polar surface area (TPSA) is 177 Å². The normalized spacial score (nSPS) is 17.6. The molecule has 5 heterocycles. The predicted molar refractivity (Wildman–Crippen MR) is 295 cm³/mol. The molecule has 0 spiro atoms. The molecule has 5 atom stereocenters. The molecule has 0 aliphatic carbocycles. The number of rotatable bonds is 17. The summed E-state index contributed by atoms with van der Waals surface area (Å²) >= 11 is 0. The molecule has 75 heavy (non-hydrogen) atoms. The van der Waals surface area contributed by atoms with Crippen molar-refractivity contribution in [3.05, 3.63) is 77.6 Å². The van der Waals surface area contributed by atoms with Gasteiger partial charge in [-0.25, -0.2) is 5.43 Å². The van der Waals surface area contributed by atoms with Crippen molar-refractivity contribution in [2.75, 3.05) is 74.3 Å². The first kappa shape index (κ1) is 59.8. The third kappa shape index (κ3) is 16.4. The zero-order chi connectivity index (χ0) is 54.8. The molecule has 4 aromatic rings. The van der Waals surface area contributed by atoms with Gasteiger partial charge in [-0.3, -0.25) is 34.0 Å². The Kier molecular flexibility index (Phi) is 22.9. The van der Waals surface area contributed by atoms with E-state index < -0.39 is 12.1 Å². The van der Waals surface area contributed by atoms with Crippen LogP contribution in [0.2, 0.25) is 0 Å². The Bertz CT molecular complexity index is 2610. The van der Waals surface area contributed by atoms with Crippen LogP contribution >= 0.6 is 0 Å². The van der Waals surface area contributed by atoms with E-state index in [9.17, 15) is 24.0 Å². The lowest BCUT2D eigenvalue weighted by atomic mass is 9.84. The van der Waals surface area contributed by atoms with Crippen LogP contribution in [0, 0.1) is 35.0 Å². The average Bonchev–Trinajstić information content (AvgIpc) is 4.17.